The second-order valence-corrected chi connectivity index (χ2v) is 7.91. The fourth-order valence-corrected chi connectivity index (χ4v) is 4.34. The highest BCUT2D eigenvalue weighted by Crippen LogP contribution is 2.41. The summed E-state index contributed by atoms with van der Waals surface area (Å²) in [5.74, 6) is 5.38. The lowest BCUT2D eigenvalue weighted by Crippen LogP contribution is -2.41. The zero-order valence-electron chi connectivity index (χ0n) is 16.4. The van der Waals surface area contributed by atoms with E-state index in [-0.39, 0.29) is 6.04 Å². The molecule has 1 fully saturated rings. The Hall–Kier alpha value is -2.51. The largest absolute Gasteiger partial charge is 0.342 e. The van der Waals surface area contributed by atoms with Gasteiger partial charge in [-0.1, -0.05) is 6.92 Å². The lowest BCUT2D eigenvalue weighted by molar-refractivity contribution is 0.496. The summed E-state index contributed by atoms with van der Waals surface area (Å²) >= 11 is 0. The molecule has 0 bridgehead atoms. The van der Waals surface area contributed by atoms with Gasteiger partial charge in [-0.15, -0.1) is 10.2 Å². The van der Waals surface area contributed by atoms with E-state index in [2.05, 4.69) is 45.3 Å². The highest BCUT2D eigenvalue weighted by molar-refractivity contribution is 6.01. The number of anilines is 2. The molecule has 8 nitrogen and oxygen atoms in total. The first kappa shape index (κ1) is 16.6. The third kappa shape index (κ3) is 2.45. The van der Waals surface area contributed by atoms with Gasteiger partial charge in [-0.25, -0.2) is 4.98 Å². The molecule has 142 valence electrons. The lowest BCUT2D eigenvalue weighted by atomic mass is 10.1. The molecule has 2 aromatic heterocycles. The first-order chi connectivity index (χ1) is 13.1. The molecule has 1 atom stereocenters. The number of aryl methyl sites for hydroxylation is 1. The van der Waals surface area contributed by atoms with Crippen LogP contribution in [0.4, 0.5) is 11.8 Å². The van der Waals surface area contributed by atoms with Crippen LogP contribution >= 0.6 is 0 Å². The van der Waals surface area contributed by atoms with Gasteiger partial charge in [-0.2, -0.15) is 4.98 Å². The topological polar surface area (TPSA) is 75.3 Å². The molecule has 1 saturated carbocycles. The van der Waals surface area contributed by atoms with Gasteiger partial charge in [0.2, 0.25) is 5.95 Å². The number of amidine groups is 1. The monoisotopic (exact) mass is 366 g/mol. The standard InChI is InChI=1S/C19H26N8/c1-5-14-18-24-23-12(4)27(18)15-10-21-19(22-17(15)26(14)11(2)3)25-9-8-20-16(25)13-6-7-13/h10-11,13-14H,5-9H2,1-4H3. The average molecular weight is 366 g/mol. The molecule has 5 rings (SSSR count). The number of rotatable bonds is 4. The number of hydrogen-bond donors (Lipinski definition) is 0. The Balaban J connectivity index is 1.65. The number of aromatic nitrogens is 5. The van der Waals surface area contributed by atoms with Crippen molar-refractivity contribution in [2.75, 3.05) is 22.9 Å². The quantitative estimate of drug-likeness (QED) is 0.828. The summed E-state index contributed by atoms with van der Waals surface area (Å²) < 4.78 is 2.12. The van der Waals surface area contributed by atoms with Crippen LogP contribution in [0, 0.1) is 12.8 Å². The van der Waals surface area contributed by atoms with Crippen molar-refractivity contribution in [3.8, 4) is 5.69 Å². The van der Waals surface area contributed by atoms with Crippen molar-refractivity contribution in [1.29, 1.82) is 0 Å². The van der Waals surface area contributed by atoms with Crippen LogP contribution in [0.1, 0.15) is 57.7 Å². The van der Waals surface area contributed by atoms with Gasteiger partial charge in [-0.3, -0.25) is 14.5 Å². The first-order valence-corrected chi connectivity index (χ1v) is 9.99. The van der Waals surface area contributed by atoms with Gasteiger partial charge in [0.15, 0.2) is 11.6 Å². The molecule has 0 saturated heterocycles. The van der Waals surface area contributed by atoms with Crippen molar-refractivity contribution in [1.82, 2.24) is 24.7 Å². The van der Waals surface area contributed by atoms with Gasteiger partial charge in [0.05, 0.1) is 18.8 Å². The highest BCUT2D eigenvalue weighted by atomic mass is 15.4. The van der Waals surface area contributed by atoms with Gasteiger partial charge in [0.1, 0.15) is 17.3 Å². The van der Waals surface area contributed by atoms with Gasteiger partial charge >= 0.3 is 0 Å². The summed E-state index contributed by atoms with van der Waals surface area (Å²) in [6, 6.07) is 0.467. The number of nitrogens with zero attached hydrogens (tertiary/aromatic N) is 8. The van der Waals surface area contributed by atoms with Crippen LogP contribution in [0.3, 0.4) is 0 Å². The van der Waals surface area contributed by atoms with E-state index in [4.69, 9.17) is 15.0 Å². The number of aliphatic imine (C=N–C) groups is 1. The van der Waals surface area contributed by atoms with E-state index < -0.39 is 0 Å². The fourth-order valence-electron chi connectivity index (χ4n) is 4.34. The Labute approximate surface area is 159 Å². The zero-order chi connectivity index (χ0) is 18.7. The van der Waals surface area contributed by atoms with Crippen LogP contribution in [-0.2, 0) is 0 Å². The predicted molar refractivity (Wildman–Crippen MR) is 105 cm³/mol. The van der Waals surface area contributed by atoms with Crippen molar-refractivity contribution < 1.29 is 0 Å². The molecular formula is C19H26N8. The zero-order valence-corrected chi connectivity index (χ0v) is 16.4. The van der Waals surface area contributed by atoms with Gasteiger partial charge in [0, 0.05) is 18.5 Å². The van der Waals surface area contributed by atoms with E-state index in [1.54, 1.807) is 0 Å². The van der Waals surface area contributed by atoms with Crippen LogP contribution in [0.2, 0.25) is 0 Å². The molecule has 2 aromatic rings. The van der Waals surface area contributed by atoms with Gasteiger partial charge in [0.25, 0.3) is 0 Å². The Morgan fingerprint density at radius 2 is 2.04 bits per heavy atom. The molecule has 1 unspecified atom stereocenters. The summed E-state index contributed by atoms with van der Waals surface area (Å²) in [7, 11) is 0. The molecule has 4 heterocycles. The van der Waals surface area contributed by atoms with E-state index in [0.29, 0.717) is 12.0 Å². The van der Waals surface area contributed by atoms with Crippen LogP contribution < -0.4 is 9.80 Å². The summed E-state index contributed by atoms with van der Waals surface area (Å²) in [4.78, 5) is 19.1. The molecule has 0 N–H and O–H groups in total. The minimum Gasteiger partial charge on any atom is -0.342 e. The van der Waals surface area contributed by atoms with Crippen LogP contribution in [0.5, 0.6) is 0 Å². The van der Waals surface area contributed by atoms with Crippen molar-refractivity contribution in [2.45, 2.75) is 59.0 Å². The Kier molecular flexibility index (Phi) is 3.70. The van der Waals surface area contributed by atoms with Crippen LogP contribution in [0.25, 0.3) is 5.69 Å². The molecular weight excluding hydrogens is 340 g/mol. The van der Waals surface area contributed by atoms with Gasteiger partial charge in [-0.05, 0) is 40.0 Å². The molecule has 2 aliphatic heterocycles. The number of hydrogen-bond acceptors (Lipinski definition) is 7. The maximum atomic E-state index is 5.06. The van der Waals surface area contributed by atoms with E-state index in [0.717, 1.165) is 48.6 Å². The maximum absolute atomic E-state index is 5.06. The minimum absolute atomic E-state index is 0.164. The molecule has 0 radical (unpaired) electrons. The Morgan fingerprint density at radius 3 is 2.74 bits per heavy atom. The lowest BCUT2D eigenvalue weighted by Gasteiger charge is -2.40. The van der Waals surface area contributed by atoms with E-state index >= 15 is 0 Å². The summed E-state index contributed by atoms with van der Waals surface area (Å²) in [5.41, 5.74) is 0.971. The SMILES string of the molecule is CCC1c2nnc(C)n2-c2cnc(N3CCN=C3C3CC3)nc2N1C(C)C. The second-order valence-electron chi connectivity index (χ2n) is 7.91. The second kappa shape index (κ2) is 6.00. The molecule has 0 amide bonds. The summed E-state index contributed by atoms with van der Waals surface area (Å²) in [6.45, 7) is 10.3. The van der Waals surface area contributed by atoms with E-state index in [9.17, 15) is 0 Å². The summed E-state index contributed by atoms with van der Waals surface area (Å²) in [5, 5.41) is 8.80. The van der Waals surface area contributed by atoms with Crippen molar-refractivity contribution in [3.63, 3.8) is 0 Å². The summed E-state index contributed by atoms with van der Waals surface area (Å²) in [6.07, 6.45) is 5.36. The molecule has 8 heteroatoms. The third-order valence-electron chi connectivity index (χ3n) is 5.71. The fraction of sp³-hybridized carbons (Fsp3) is 0.632. The van der Waals surface area contributed by atoms with E-state index in [1.807, 2.05) is 13.1 Å². The van der Waals surface area contributed by atoms with Crippen molar-refractivity contribution >= 4 is 17.6 Å². The Morgan fingerprint density at radius 1 is 1.22 bits per heavy atom. The van der Waals surface area contributed by atoms with E-state index in [1.165, 1.54) is 18.7 Å². The van der Waals surface area contributed by atoms with Crippen molar-refractivity contribution in [3.05, 3.63) is 17.8 Å². The van der Waals surface area contributed by atoms with Crippen molar-refractivity contribution in [2.24, 2.45) is 10.9 Å². The maximum Gasteiger partial charge on any atom is 0.232 e. The first-order valence-electron chi connectivity index (χ1n) is 9.99. The Bertz CT molecular complexity index is 910. The minimum atomic E-state index is 0.164. The smallest absolute Gasteiger partial charge is 0.232 e. The molecule has 3 aliphatic rings. The number of fused-ring (bicyclic) bond motifs is 3. The van der Waals surface area contributed by atoms with Crippen LogP contribution in [0.15, 0.2) is 11.2 Å². The third-order valence-corrected chi connectivity index (χ3v) is 5.71. The molecule has 27 heavy (non-hydrogen) atoms. The molecule has 0 spiro atoms. The normalized spacial score (nSPS) is 21.5. The molecule has 1 aliphatic carbocycles. The van der Waals surface area contributed by atoms with Crippen LogP contribution in [-0.4, -0.2) is 49.7 Å². The predicted octanol–water partition coefficient (Wildman–Crippen LogP) is 2.67. The van der Waals surface area contributed by atoms with Gasteiger partial charge < -0.3 is 4.90 Å². The highest BCUT2D eigenvalue weighted by Gasteiger charge is 2.38. The average Bonchev–Trinajstić information content (AvgIpc) is 3.26. The molecule has 0 aromatic carbocycles.